The summed E-state index contributed by atoms with van der Waals surface area (Å²) >= 11 is 0. The van der Waals surface area contributed by atoms with Gasteiger partial charge in [0.15, 0.2) is 0 Å². The molecule has 1 heterocycles. The molecule has 0 bridgehead atoms. The van der Waals surface area contributed by atoms with Crippen molar-refractivity contribution in [1.29, 1.82) is 0 Å². The summed E-state index contributed by atoms with van der Waals surface area (Å²) in [4.78, 5) is 28.2. The molecule has 126 valence electrons. The Balaban J connectivity index is 2.57. The van der Waals surface area contributed by atoms with Crippen molar-refractivity contribution in [3.63, 3.8) is 0 Å². The van der Waals surface area contributed by atoms with Crippen LogP contribution in [-0.4, -0.2) is 41.9 Å². The van der Waals surface area contributed by atoms with Crippen LogP contribution >= 0.6 is 0 Å². The number of nitrogens with zero attached hydrogens (tertiary/aromatic N) is 2. The summed E-state index contributed by atoms with van der Waals surface area (Å²) < 4.78 is 5.10. The average molecular weight is 326 g/mol. The van der Waals surface area contributed by atoms with E-state index >= 15 is 0 Å². The monoisotopic (exact) mass is 326 g/mol. The minimum absolute atomic E-state index is 0.107. The lowest BCUT2D eigenvalue weighted by atomic mass is 9.93. The number of rotatable bonds is 3. The van der Waals surface area contributed by atoms with Gasteiger partial charge in [-0.05, 0) is 20.3 Å². The zero-order chi connectivity index (χ0) is 17.9. The van der Waals surface area contributed by atoms with Crippen molar-refractivity contribution in [1.82, 2.24) is 9.80 Å². The molecule has 1 saturated heterocycles. The van der Waals surface area contributed by atoms with Crippen LogP contribution in [-0.2, 0) is 14.3 Å². The van der Waals surface area contributed by atoms with E-state index < -0.39 is 5.97 Å². The number of hydrogen-bond acceptors (Lipinski definition) is 4. The van der Waals surface area contributed by atoms with Gasteiger partial charge in [-0.2, -0.15) is 0 Å². The number of carbonyl (C=O) groups excluding carboxylic acids is 2. The molecule has 0 saturated carbocycles. The molecular weight excluding hydrogens is 304 g/mol. The Labute approximate surface area is 142 Å². The number of esters is 1. The predicted molar refractivity (Wildman–Crippen MR) is 92.1 cm³/mol. The summed E-state index contributed by atoms with van der Waals surface area (Å²) in [5.41, 5.74) is 2.38. The van der Waals surface area contributed by atoms with Crippen LogP contribution in [0.5, 0.6) is 0 Å². The summed E-state index contributed by atoms with van der Waals surface area (Å²) in [6.07, 6.45) is 11.5. The Hall–Kier alpha value is -2.74. The van der Waals surface area contributed by atoms with Gasteiger partial charge in [0.05, 0.1) is 35.7 Å². The number of carbonyl (C=O) groups is 2. The maximum atomic E-state index is 12.7. The van der Waals surface area contributed by atoms with Crippen molar-refractivity contribution in [2.45, 2.75) is 20.3 Å². The summed E-state index contributed by atoms with van der Waals surface area (Å²) in [6, 6.07) is 0. The fourth-order valence-electron chi connectivity index (χ4n) is 2.82. The van der Waals surface area contributed by atoms with E-state index in [9.17, 15) is 9.59 Å². The second kappa shape index (κ2) is 7.22. The van der Waals surface area contributed by atoms with E-state index in [1.54, 1.807) is 36.9 Å². The first kappa shape index (κ1) is 17.6. The van der Waals surface area contributed by atoms with E-state index in [1.165, 1.54) is 0 Å². The number of fused-ring (bicyclic) bond motifs is 1. The summed E-state index contributed by atoms with van der Waals surface area (Å²) in [7, 11) is 1.70. The molecule has 1 aliphatic carbocycles. The summed E-state index contributed by atoms with van der Waals surface area (Å²) in [5.74, 6) is 2.04. The fraction of sp³-hybridized carbons (Fsp3) is 0.368. The highest BCUT2D eigenvalue weighted by Crippen LogP contribution is 2.33. The van der Waals surface area contributed by atoms with Gasteiger partial charge in [0.1, 0.15) is 0 Å². The Bertz CT molecular complexity index is 707. The van der Waals surface area contributed by atoms with E-state index in [0.717, 1.165) is 0 Å². The predicted octanol–water partition coefficient (Wildman–Crippen LogP) is 2.20. The Morgan fingerprint density at radius 2 is 2.29 bits per heavy atom. The molecule has 0 radical (unpaired) electrons. The Morgan fingerprint density at radius 1 is 1.58 bits per heavy atom. The third-order valence-electron chi connectivity index (χ3n) is 4.13. The van der Waals surface area contributed by atoms with Crippen molar-refractivity contribution in [3.05, 3.63) is 47.5 Å². The van der Waals surface area contributed by atoms with Crippen molar-refractivity contribution in [2.24, 2.45) is 5.92 Å². The minimum Gasteiger partial charge on any atom is -0.463 e. The van der Waals surface area contributed by atoms with Gasteiger partial charge in [-0.1, -0.05) is 24.7 Å². The van der Waals surface area contributed by atoms with Gasteiger partial charge in [-0.3, -0.25) is 4.79 Å². The topological polar surface area (TPSA) is 49.9 Å². The Kier molecular flexibility index (Phi) is 5.30. The van der Waals surface area contributed by atoms with E-state index in [4.69, 9.17) is 11.2 Å². The molecule has 2 rings (SSSR count). The molecule has 0 aromatic rings. The molecule has 5 nitrogen and oxygen atoms in total. The second-order valence-electron chi connectivity index (χ2n) is 5.68. The lowest BCUT2D eigenvalue weighted by Gasteiger charge is -2.27. The highest BCUT2D eigenvalue weighted by Gasteiger charge is 2.33. The first-order valence-corrected chi connectivity index (χ1v) is 7.87. The van der Waals surface area contributed by atoms with Crippen LogP contribution in [0.2, 0.25) is 0 Å². The molecule has 1 amide bonds. The summed E-state index contributed by atoms with van der Waals surface area (Å²) in [5, 5.41) is 0. The quantitative estimate of drug-likeness (QED) is 0.453. The van der Waals surface area contributed by atoms with Gasteiger partial charge in [0.2, 0.25) is 0 Å². The lowest BCUT2D eigenvalue weighted by Crippen LogP contribution is -2.29. The first-order chi connectivity index (χ1) is 11.4. The number of hydrogen-bond donors (Lipinski definition) is 0. The molecule has 5 heteroatoms. The van der Waals surface area contributed by atoms with Gasteiger partial charge in [0, 0.05) is 19.2 Å². The van der Waals surface area contributed by atoms with E-state index in [0.29, 0.717) is 35.6 Å². The number of likely N-dealkylation sites (N-methyl/N-ethyl adjacent to an activating group) is 1. The van der Waals surface area contributed by atoms with Crippen LogP contribution < -0.4 is 0 Å². The average Bonchev–Trinajstić information content (AvgIpc) is 2.69. The van der Waals surface area contributed by atoms with Crippen molar-refractivity contribution < 1.29 is 14.3 Å². The van der Waals surface area contributed by atoms with E-state index in [2.05, 4.69) is 12.5 Å². The molecule has 1 fully saturated rings. The minimum atomic E-state index is -0.398. The number of ether oxygens (including phenoxy) is 1. The molecule has 0 aromatic heterocycles. The standard InChI is InChI=1S/C19H22N2O3/c1-6-14-9-10-16-15(11-14)18(22)20(5)12-17(21(16)7-2)13(4)19(23)24-8-3/h1,7,10-11,14H,2,8-9,12H2,3-5H3/b17-13+. The molecule has 1 atom stereocenters. The SMILES string of the molecule is C#CC1C=C2C(=O)N(C)C/C(=C(/C)C(=O)OCC)N(C=C)C2=CC1. The van der Waals surface area contributed by atoms with Crippen LogP contribution in [0.1, 0.15) is 20.3 Å². The second-order valence-corrected chi connectivity index (χ2v) is 5.68. The zero-order valence-electron chi connectivity index (χ0n) is 14.3. The van der Waals surface area contributed by atoms with Gasteiger partial charge >= 0.3 is 5.97 Å². The molecule has 1 aliphatic heterocycles. The third-order valence-corrected chi connectivity index (χ3v) is 4.13. The van der Waals surface area contributed by atoms with Crippen LogP contribution in [0.4, 0.5) is 0 Å². The van der Waals surface area contributed by atoms with Crippen LogP contribution in [0.3, 0.4) is 0 Å². The number of allylic oxidation sites excluding steroid dienone is 2. The molecule has 0 N–H and O–H groups in total. The molecule has 2 aliphatic rings. The van der Waals surface area contributed by atoms with Crippen LogP contribution in [0.25, 0.3) is 0 Å². The largest absolute Gasteiger partial charge is 0.463 e. The smallest absolute Gasteiger partial charge is 0.335 e. The van der Waals surface area contributed by atoms with Gasteiger partial charge in [0.25, 0.3) is 5.91 Å². The van der Waals surface area contributed by atoms with Gasteiger partial charge in [-0.15, -0.1) is 6.42 Å². The third kappa shape index (κ3) is 3.13. The first-order valence-electron chi connectivity index (χ1n) is 7.87. The molecule has 24 heavy (non-hydrogen) atoms. The van der Waals surface area contributed by atoms with Gasteiger partial charge < -0.3 is 14.5 Å². The molecule has 0 spiro atoms. The van der Waals surface area contributed by atoms with Crippen LogP contribution in [0.15, 0.2) is 47.5 Å². The zero-order valence-corrected chi connectivity index (χ0v) is 14.3. The van der Waals surface area contributed by atoms with Crippen molar-refractivity contribution in [2.75, 3.05) is 20.2 Å². The fourth-order valence-corrected chi connectivity index (χ4v) is 2.82. The van der Waals surface area contributed by atoms with Crippen molar-refractivity contribution in [3.8, 4) is 12.3 Å². The highest BCUT2D eigenvalue weighted by molar-refractivity contribution is 5.99. The van der Waals surface area contributed by atoms with Crippen molar-refractivity contribution >= 4 is 11.9 Å². The molecule has 0 aromatic carbocycles. The number of amides is 1. The molecular formula is C19H22N2O3. The Morgan fingerprint density at radius 3 is 2.88 bits per heavy atom. The maximum Gasteiger partial charge on any atom is 0.335 e. The number of terminal acetylenes is 1. The van der Waals surface area contributed by atoms with Gasteiger partial charge in [-0.25, -0.2) is 4.79 Å². The lowest BCUT2D eigenvalue weighted by molar-refractivity contribution is -0.138. The van der Waals surface area contributed by atoms with E-state index in [-0.39, 0.29) is 18.4 Å². The van der Waals surface area contributed by atoms with Crippen LogP contribution in [0, 0.1) is 18.3 Å². The highest BCUT2D eigenvalue weighted by atomic mass is 16.5. The normalized spacial score (nSPS) is 22.6. The summed E-state index contributed by atoms with van der Waals surface area (Å²) in [6.45, 7) is 7.88. The van der Waals surface area contributed by atoms with E-state index in [1.807, 2.05) is 12.2 Å². The molecule has 1 unspecified atom stereocenters. The maximum absolute atomic E-state index is 12.7.